The van der Waals surface area contributed by atoms with Gasteiger partial charge in [0.1, 0.15) is 12.4 Å². The second-order valence-corrected chi connectivity index (χ2v) is 3.15. The Labute approximate surface area is 82.2 Å². The van der Waals surface area contributed by atoms with E-state index in [2.05, 4.69) is 4.98 Å². The first kappa shape index (κ1) is 10.3. The molecule has 14 heavy (non-hydrogen) atoms. The van der Waals surface area contributed by atoms with Crippen LogP contribution in [0, 0.1) is 6.92 Å². The number of pyridine rings is 1. The summed E-state index contributed by atoms with van der Waals surface area (Å²) in [5.74, 6) is -0.275. The Morgan fingerprint density at radius 3 is 2.86 bits per heavy atom. The van der Waals surface area contributed by atoms with Crippen molar-refractivity contribution < 1.29 is 9.90 Å². The zero-order valence-electron chi connectivity index (χ0n) is 8.19. The van der Waals surface area contributed by atoms with Gasteiger partial charge in [-0.3, -0.25) is 4.79 Å². The average Bonchev–Trinajstić information content (AvgIpc) is 2.08. The van der Waals surface area contributed by atoms with E-state index in [1.807, 2.05) is 6.92 Å². The van der Waals surface area contributed by atoms with Gasteiger partial charge in [-0.15, -0.1) is 0 Å². The summed E-state index contributed by atoms with van der Waals surface area (Å²) in [5, 5.41) is 8.57. The van der Waals surface area contributed by atoms with Crippen molar-refractivity contribution in [1.29, 1.82) is 0 Å². The summed E-state index contributed by atoms with van der Waals surface area (Å²) in [4.78, 5) is 16.0. The van der Waals surface area contributed by atoms with Crippen molar-refractivity contribution in [3.05, 3.63) is 17.8 Å². The van der Waals surface area contributed by atoms with E-state index in [1.54, 1.807) is 18.0 Å². The van der Waals surface area contributed by atoms with Crippen molar-refractivity contribution in [2.45, 2.75) is 6.92 Å². The number of carboxylic acid groups (broad SMARTS) is 1. The minimum Gasteiger partial charge on any atom is -0.480 e. The first-order valence-electron chi connectivity index (χ1n) is 4.15. The Bertz CT molecular complexity index is 352. The number of rotatable bonds is 3. The fourth-order valence-corrected chi connectivity index (χ4v) is 1.04. The first-order chi connectivity index (χ1) is 6.50. The van der Waals surface area contributed by atoms with Gasteiger partial charge < -0.3 is 15.7 Å². The highest BCUT2D eigenvalue weighted by molar-refractivity contribution is 5.73. The third kappa shape index (κ3) is 2.35. The molecule has 0 fully saturated rings. The lowest BCUT2D eigenvalue weighted by atomic mass is 10.2. The van der Waals surface area contributed by atoms with Gasteiger partial charge in [0, 0.05) is 7.05 Å². The molecular weight excluding hydrogens is 182 g/mol. The highest BCUT2D eigenvalue weighted by Gasteiger charge is 2.07. The van der Waals surface area contributed by atoms with Crippen molar-refractivity contribution in [2.75, 3.05) is 24.2 Å². The number of nitrogen functional groups attached to an aromatic ring is 1. The number of hydrogen-bond acceptors (Lipinski definition) is 4. The van der Waals surface area contributed by atoms with Crippen LogP contribution in [-0.2, 0) is 4.79 Å². The summed E-state index contributed by atoms with van der Waals surface area (Å²) in [6.07, 6.45) is 1.53. The third-order valence-electron chi connectivity index (χ3n) is 1.90. The number of anilines is 2. The van der Waals surface area contributed by atoms with E-state index in [-0.39, 0.29) is 6.54 Å². The Morgan fingerprint density at radius 1 is 1.71 bits per heavy atom. The van der Waals surface area contributed by atoms with Gasteiger partial charge in [-0.05, 0) is 18.6 Å². The van der Waals surface area contributed by atoms with Gasteiger partial charge in [0.2, 0.25) is 0 Å². The predicted octanol–water partition coefficient (Wildman–Crippen LogP) is 0.493. The van der Waals surface area contributed by atoms with Crippen LogP contribution in [0.2, 0.25) is 0 Å². The molecule has 0 saturated carbocycles. The van der Waals surface area contributed by atoms with Crippen molar-refractivity contribution in [3.63, 3.8) is 0 Å². The number of nitrogens with zero attached hydrogens (tertiary/aromatic N) is 2. The van der Waals surface area contributed by atoms with Crippen LogP contribution in [0.3, 0.4) is 0 Å². The predicted molar refractivity (Wildman–Crippen MR) is 54.3 cm³/mol. The Kier molecular flexibility index (Phi) is 2.91. The number of carboxylic acids is 1. The SMILES string of the molecule is Cc1cc(N(C)CC(=O)O)ncc1N. The standard InChI is InChI=1S/C9H13N3O2/c1-6-3-8(11-4-7(6)10)12(2)5-9(13)14/h3-4H,5,10H2,1-2H3,(H,13,14). The molecular formula is C9H13N3O2. The summed E-state index contributed by atoms with van der Waals surface area (Å²) in [5.41, 5.74) is 7.10. The number of aliphatic carboxylic acids is 1. The maximum Gasteiger partial charge on any atom is 0.323 e. The van der Waals surface area contributed by atoms with Crippen LogP contribution in [0.15, 0.2) is 12.3 Å². The summed E-state index contributed by atoms with van der Waals surface area (Å²) in [7, 11) is 1.67. The van der Waals surface area contributed by atoms with Gasteiger partial charge in [-0.25, -0.2) is 4.98 Å². The van der Waals surface area contributed by atoms with Gasteiger partial charge in [0.25, 0.3) is 0 Å². The molecule has 0 aliphatic rings. The van der Waals surface area contributed by atoms with Crippen LogP contribution in [0.4, 0.5) is 11.5 Å². The molecule has 0 aliphatic carbocycles. The number of aryl methyl sites for hydroxylation is 1. The molecule has 0 atom stereocenters. The normalized spacial score (nSPS) is 9.86. The summed E-state index contributed by atoms with van der Waals surface area (Å²) in [6, 6.07) is 1.76. The Hall–Kier alpha value is -1.78. The highest BCUT2D eigenvalue weighted by atomic mass is 16.4. The van der Waals surface area contributed by atoms with Gasteiger partial charge in [-0.1, -0.05) is 0 Å². The van der Waals surface area contributed by atoms with Gasteiger partial charge in [-0.2, -0.15) is 0 Å². The number of likely N-dealkylation sites (N-methyl/N-ethyl adjacent to an activating group) is 1. The Balaban J connectivity index is 2.85. The topological polar surface area (TPSA) is 79.5 Å². The molecule has 5 heteroatoms. The lowest BCUT2D eigenvalue weighted by Crippen LogP contribution is -2.26. The zero-order valence-corrected chi connectivity index (χ0v) is 8.19. The fraction of sp³-hybridized carbons (Fsp3) is 0.333. The van der Waals surface area contributed by atoms with Crippen LogP contribution in [0.1, 0.15) is 5.56 Å². The van der Waals surface area contributed by atoms with E-state index in [0.717, 1.165) is 5.56 Å². The average molecular weight is 195 g/mol. The quantitative estimate of drug-likeness (QED) is 0.733. The zero-order chi connectivity index (χ0) is 10.7. The number of aromatic nitrogens is 1. The van der Waals surface area contributed by atoms with Crippen LogP contribution in [0.25, 0.3) is 0 Å². The van der Waals surface area contributed by atoms with Crippen molar-refractivity contribution in [1.82, 2.24) is 4.98 Å². The van der Waals surface area contributed by atoms with E-state index >= 15 is 0 Å². The molecule has 0 aliphatic heterocycles. The molecule has 1 heterocycles. The van der Waals surface area contributed by atoms with Crippen LogP contribution >= 0.6 is 0 Å². The van der Waals surface area contributed by atoms with Crippen LogP contribution in [-0.4, -0.2) is 29.7 Å². The van der Waals surface area contributed by atoms with Crippen LogP contribution in [0.5, 0.6) is 0 Å². The summed E-state index contributed by atoms with van der Waals surface area (Å²) < 4.78 is 0. The smallest absolute Gasteiger partial charge is 0.323 e. The van der Waals surface area contributed by atoms with Gasteiger partial charge in [0.15, 0.2) is 0 Å². The molecule has 0 amide bonds. The summed E-state index contributed by atoms with van der Waals surface area (Å²) in [6.45, 7) is 1.78. The number of hydrogen-bond donors (Lipinski definition) is 2. The van der Waals surface area contributed by atoms with E-state index in [0.29, 0.717) is 11.5 Å². The van der Waals surface area contributed by atoms with E-state index in [4.69, 9.17) is 10.8 Å². The minimum atomic E-state index is -0.885. The van der Waals surface area contributed by atoms with E-state index in [9.17, 15) is 4.79 Å². The summed E-state index contributed by atoms with van der Waals surface area (Å²) >= 11 is 0. The maximum absolute atomic E-state index is 10.4. The fourth-order valence-electron chi connectivity index (χ4n) is 1.04. The lowest BCUT2D eigenvalue weighted by Gasteiger charge is -2.16. The van der Waals surface area contributed by atoms with Gasteiger partial charge >= 0.3 is 5.97 Å². The first-order valence-corrected chi connectivity index (χ1v) is 4.15. The highest BCUT2D eigenvalue weighted by Crippen LogP contribution is 2.15. The molecule has 1 aromatic rings. The van der Waals surface area contributed by atoms with Crippen molar-refractivity contribution >= 4 is 17.5 Å². The second-order valence-electron chi connectivity index (χ2n) is 3.15. The van der Waals surface area contributed by atoms with Crippen molar-refractivity contribution in [3.8, 4) is 0 Å². The van der Waals surface area contributed by atoms with Crippen molar-refractivity contribution in [2.24, 2.45) is 0 Å². The molecule has 0 unspecified atom stereocenters. The molecule has 1 rings (SSSR count). The molecule has 0 bridgehead atoms. The molecule has 0 radical (unpaired) electrons. The monoisotopic (exact) mass is 195 g/mol. The maximum atomic E-state index is 10.4. The van der Waals surface area contributed by atoms with E-state index in [1.165, 1.54) is 6.20 Å². The molecule has 1 aromatic heterocycles. The largest absolute Gasteiger partial charge is 0.480 e. The van der Waals surface area contributed by atoms with Crippen LogP contribution < -0.4 is 10.6 Å². The minimum absolute atomic E-state index is 0.0731. The molecule has 0 aromatic carbocycles. The number of nitrogens with two attached hydrogens (primary N) is 1. The Morgan fingerprint density at radius 2 is 2.36 bits per heavy atom. The second kappa shape index (κ2) is 3.95. The number of carbonyl (C=O) groups is 1. The van der Waals surface area contributed by atoms with Gasteiger partial charge in [0.05, 0.1) is 11.9 Å². The lowest BCUT2D eigenvalue weighted by molar-refractivity contribution is -0.135. The molecule has 3 N–H and O–H groups in total. The molecule has 0 saturated heterocycles. The van der Waals surface area contributed by atoms with E-state index < -0.39 is 5.97 Å². The molecule has 76 valence electrons. The molecule has 0 spiro atoms. The third-order valence-corrected chi connectivity index (χ3v) is 1.90. The molecule has 5 nitrogen and oxygen atoms in total.